The molecule has 0 bridgehead atoms. The van der Waals surface area contributed by atoms with Crippen LogP contribution in [0, 0.1) is 6.92 Å². The maximum atomic E-state index is 12.4. The van der Waals surface area contributed by atoms with Gasteiger partial charge in [-0.15, -0.1) is 0 Å². The van der Waals surface area contributed by atoms with Crippen molar-refractivity contribution in [2.75, 3.05) is 33.1 Å². The van der Waals surface area contributed by atoms with Gasteiger partial charge in [-0.25, -0.2) is 9.59 Å². The smallest absolute Gasteiger partial charge is 0.339 e. The highest BCUT2D eigenvalue weighted by atomic mass is 16.5. The summed E-state index contributed by atoms with van der Waals surface area (Å²) >= 11 is 0. The van der Waals surface area contributed by atoms with Crippen LogP contribution in [-0.4, -0.2) is 45.7 Å². The lowest BCUT2D eigenvalue weighted by Gasteiger charge is -2.14. The Kier molecular flexibility index (Phi) is 6.73. The summed E-state index contributed by atoms with van der Waals surface area (Å²) < 4.78 is 14.9. The predicted octanol–water partition coefficient (Wildman–Crippen LogP) is 0.815. The van der Waals surface area contributed by atoms with E-state index in [0.717, 1.165) is 16.4 Å². The first-order chi connectivity index (χ1) is 12.8. The van der Waals surface area contributed by atoms with E-state index in [1.54, 1.807) is 0 Å². The number of amides is 1. The van der Waals surface area contributed by atoms with Gasteiger partial charge in [-0.2, -0.15) is 0 Å². The first-order valence-electron chi connectivity index (χ1n) is 8.31. The van der Waals surface area contributed by atoms with Crippen LogP contribution in [0.25, 0.3) is 0 Å². The van der Waals surface area contributed by atoms with Gasteiger partial charge in [0.05, 0.1) is 38.1 Å². The van der Waals surface area contributed by atoms with Crippen molar-refractivity contribution in [3.8, 4) is 0 Å². The third kappa shape index (κ3) is 5.42. The van der Waals surface area contributed by atoms with Crippen molar-refractivity contribution in [3.63, 3.8) is 0 Å². The first kappa shape index (κ1) is 20.2. The van der Waals surface area contributed by atoms with Crippen LogP contribution in [-0.2, 0) is 20.8 Å². The van der Waals surface area contributed by atoms with Gasteiger partial charge in [0, 0.05) is 0 Å². The van der Waals surface area contributed by atoms with Gasteiger partial charge in [0.25, 0.3) is 5.91 Å². The third-order valence-corrected chi connectivity index (χ3v) is 3.85. The van der Waals surface area contributed by atoms with Crippen molar-refractivity contribution in [2.24, 2.45) is 0 Å². The van der Waals surface area contributed by atoms with E-state index in [-0.39, 0.29) is 29.3 Å². The number of quaternary nitrogens is 1. The van der Waals surface area contributed by atoms with Crippen LogP contribution in [0.4, 0.5) is 5.69 Å². The molecule has 0 aliphatic carbocycles. The van der Waals surface area contributed by atoms with Gasteiger partial charge >= 0.3 is 11.9 Å². The molecule has 2 N–H and O–H groups in total. The molecule has 0 aliphatic rings. The standard InChI is InChI=1S/C19H22N2O6/c1-12-5-7-14(27-12)10-21(2)11-17(22)20-16-9-13(18(23)25-3)6-8-15(16)19(24)26-4/h5-9H,10-11H2,1-4H3,(H,20,22)/p+1. The Morgan fingerprint density at radius 2 is 1.78 bits per heavy atom. The van der Waals surface area contributed by atoms with Gasteiger partial charge in [0.1, 0.15) is 12.3 Å². The molecule has 1 heterocycles. The average Bonchev–Trinajstić information content (AvgIpc) is 3.04. The average molecular weight is 375 g/mol. The molecule has 0 aliphatic heterocycles. The summed E-state index contributed by atoms with van der Waals surface area (Å²) in [5.74, 6) is 0.0830. The second-order valence-corrected chi connectivity index (χ2v) is 6.11. The van der Waals surface area contributed by atoms with Crippen LogP contribution in [0.1, 0.15) is 32.2 Å². The summed E-state index contributed by atoms with van der Waals surface area (Å²) in [5.41, 5.74) is 0.557. The number of hydrogen-bond donors (Lipinski definition) is 2. The molecule has 2 aromatic rings. The highest BCUT2D eigenvalue weighted by Gasteiger charge is 2.19. The fourth-order valence-corrected chi connectivity index (χ4v) is 2.59. The molecular formula is C19H23N2O6+. The molecular weight excluding hydrogens is 352 g/mol. The highest BCUT2D eigenvalue weighted by molar-refractivity contribution is 6.03. The zero-order valence-electron chi connectivity index (χ0n) is 15.8. The second-order valence-electron chi connectivity index (χ2n) is 6.11. The van der Waals surface area contributed by atoms with Crippen LogP contribution in [0.3, 0.4) is 0 Å². The molecule has 144 valence electrons. The number of ether oxygens (including phenoxy) is 2. The molecule has 0 fully saturated rings. The molecule has 0 saturated heterocycles. The number of carbonyl (C=O) groups excluding carboxylic acids is 3. The van der Waals surface area contributed by atoms with Crippen LogP contribution < -0.4 is 10.2 Å². The predicted molar refractivity (Wildman–Crippen MR) is 96.7 cm³/mol. The van der Waals surface area contributed by atoms with E-state index in [4.69, 9.17) is 9.15 Å². The van der Waals surface area contributed by atoms with Gasteiger partial charge < -0.3 is 24.1 Å². The van der Waals surface area contributed by atoms with Gasteiger partial charge in [-0.05, 0) is 37.3 Å². The number of likely N-dealkylation sites (N-methyl/N-ethyl adjacent to an activating group) is 1. The minimum atomic E-state index is -0.617. The zero-order valence-corrected chi connectivity index (χ0v) is 15.8. The lowest BCUT2D eigenvalue weighted by atomic mass is 10.1. The Bertz CT molecular complexity index is 842. The van der Waals surface area contributed by atoms with E-state index in [1.807, 2.05) is 26.1 Å². The van der Waals surface area contributed by atoms with E-state index in [2.05, 4.69) is 10.1 Å². The summed E-state index contributed by atoms with van der Waals surface area (Å²) in [7, 11) is 4.35. The molecule has 0 saturated carbocycles. The van der Waals surface area contributed by atoms with Gasteiger partial charge in [-0.3, -0.25) is 4.79 Å². The van der Waals surface area contributed by atoms with Crippen molar-refractivity contribution in [1.29, 1.82) is 0 Å². The molecule has 27 heavy (non-hydrogen) atoms. The monoisotopic (exact) mass is 375 g/mol. The van der Waals surface area contributed by atoms with Crippen LogP contribution in [0.15, 0.2) is 34.7 Å². The van der Waals surface area contributed by atoms with Crippen molar-refractivity contribution < 1.29 is 33.2 Å². The normalized spacial score (nSPS) is 11.6. The topological polar surface area (TPSA) is 99.3 Å². The van der Waals surface area contributed by atoms with Crippen LogP contribution in [0.5, 0.6) is 0 Å². The van der Waals surface area contributed by atoms with Crippen LogP contribution >= 0.6 is 0 Å². The fourth-order valence-electron chi connectivity index (χ4n) is 2.59. The van der Waals surface area contributed by atoms with E-state index in [0.29, 0.717) is 6.54 Å². The Morgan fingerprint density at radius 1 is 1.07 bits per heavy atom. The zero-order chi connectivity index (χ0) is 20.0. The van der Waals surface area contributed by atoms with E-state index < -0.39 is 11.9 Å². The number of esters is 2. The van der Waals surface area contributed by atoms with Crippen molar-refractivity contribution in [1.82, 2.24) is 0 Å². The molecule has 1 unspecified atom stereocenters. The number of hydrogen-bond acceptors (Lipinski definition) is 6. The number of aryl methyl sites for hydroxylation is 1. The minimum Gasteiger partial charge on any atom is -0.465 e. The molecule has 0 spiro atoms. The third-order valence-electron chi connectivity index (χ3n) is 3.85. The Labute approximate surface area is 157 Å². The molecule has 2 rings (SSSR count). The number of carbonyl (C=O) groups is 3. The molecule has 1 aromatic carbocycles. The largest absolute Gasteiger partial charge is 0.465 e. The first-order valence-corrected chi connectivity index (χ1v) is 8.31. The summed E-state index contributed by atoms with van der Waals surface area (Å²) in [4.78, 5) is 36.9. The maximum Gasteiger partial charge on any atom is 0.339 e. The van der Waals surface area contributed by atoms with E-state index in [1.165, 1.54) is 32.4 Å². The Balaban J connectivity index is 2.12. The van der Waals surface area contributed by atoms with Crippen molar-refractivity contribution in [3.05, 3.63) is 53.0 Å². The van der Waals surface area contributed by atoms with Gasteiger partial charge in [0.2, 0.25) is 0 Å². The number of anilines is 1. The Morgan fingerprint density at radius 3 is 2.37 bits per heavy atom. The van der Waals surface area contributed by atoms with Crippen molar-refractivity contribution >= 4 is 23.5 Å². The number of rotatable bonds is 7. The molecule has 1 aromatic heterocycles. The summed E-state index contributed by atoms with van der Waals surface area (Å²) in [5, 5.41) is 2.67. The quantitative estimate of drug-likeness (QED) is 0.695. The molecule has 1 atom stereocenters. The lowest BCUT2D eigenvalue weighted by molar-refractivity contribution is -0.886. The van der Waals surface area contributed by atoms with Gasteiger partial charge in [-0.1, -0.05) is 0 Å². The highest BCUT2D eigenvalue weighted by Crippen LogP contribution is 2.19. The Hall–Kier alpha value is -3.13. The molecule has 8 nitrogen and oxygen atoms in total. The number of benzene rings is 1. The minimum absolute atomic E-state index is 0.142. The number of methoxy groups -OCH3 is 2. The fraction of sp³-hybridized carbons (Fsp3) is 0.316. The lowest BCUT2D eigenvalue weighted by Crippen LogP contribution is -3.08. The molecule has 0 radical (unpaired) electrons. The number of nitrogens with one attached hydrogen (secondary N) is 2. The number of furan rings is 1. The summed E-state index contributed by atoms with van der Waals surface area (Å²) in [6.07, 6.45) is 0. The summed E-state index contributed by atoms with van der Waals surface area (Å²) in [6, 6.07) is 7.97. The van der Waals surface area contributed by atoms with E-state index >= 15 is 0 Å². The SMILES string of the molecule is COC(=O)c1ccc(C(=O)OC)c(NC(=O)C[NH+](C)Cc2ccc(C)o2)c1. The van der Waals surface area contributed by atoms with Crippen LogP contribution in [0.2, 0.25) is 0 Å². The van der Waals surface area contributed by atoms with E-state index in [9.17, 15) is 14.4 Å². The van der Waals surface area contributed by atoms with Crippen molar-refractivity contribution in [2.45, 2.75) is 13.5 Å². The second kappa shape index (κ2) is 9.00. The van der Waals surface area contributed by atoms with Gasteiger partial charge in [0.15, 0.2) is 12.3 Å². The molecule has 8 heteroatoms. The maximum absolute atomic E-state index is 12.4. The molecule has 1 amide bonds. The summed E-state index contributed by atoms with van der Waals surface area (Å²) in [6.45, 7) is 2.53.